The van der Waals surface area contributed by atoms with Crippen LogP contribution in [-0.4, -0.2) is 9.55 Å². The number of fused-ring (bicyclic) bond motifs is 1. The van der Waals surface area contributed by atoms with E-state index in [-0.39, 0.29) is 11.9 Å². The number of halogens is 1. The van der Waals surface area contributed by atoms with Crippen molar-refractivity contribution >= 4 is 23.3 Å². The summed E-state index contributed by atoms with van der Waals surface area (Å²) < 4.78 is 21.0. The molecule has 0 saturated carbocycles. The summed E-state index contributed by atoms with van der Waals surface area (Å²) in [6.45, 7) is 1.99. The van der Waals surface area contributed by atoms with Gasteiger partial charge in [-0.15, -0.1) is 0 Å². The molecule has 92 valence electrons. The molecule has 0 bridgehead atoms. The molecule has 0 spiro atoms. The number of imidazole rings is 1. The zero-order chi connectivity index (χ0) is 12.7. The maximum absolute atomic E-state index is 13.2. The molecule has 0 fully saturated rings. The van der Waals surface area contributed by atoms with E-state index in [0.717, 1.165) is 11.3 Å². The first-order chi connectivity index (χ1) is 8.66. The maximum Gasteiger partial charge on any atom is 0.178 e. The molecule has 0 saturated heterocycles. The van der Waals surface area contributed by atoms with Gasteiger partial charge in [0, 0.05) is 0 Å². The molecule has 0 aliphatic heterocycles. The van der Waals surface area contributed by atoms with Gasteiger partial charge in [0.15, 0.2) is 4.77 Å². The standard InChI is InChI=1S/C13H11FN2OS/c1-8(12-3-2-6-17-12)16-11-5-4-9(14)7-10(11)15-13(16)18/h2-8H,1H3,(H,15,18). The van der Waals surface area contributed by atoms with E-state index in [1.165, 1.54) is 12.1 Å². The first-order valence-corrected chi connectivity index (χ1v) is 6.01. The summed E-state index contributed by atoms with van der Waals surface area (Å²) in [5.74, 6) is 0.535. The monoisotopic (exact) mass is 262 g/mol. The summed E-state index contributed by atoms with van der Waals surface area (Å²) in [5, 5.41) is 0. The van der Waals surface area contributed by atoms with Gasteiger partial charge in [-0.1, -0.05) is 0 Å². The lowest BCUT2D eigenvalue weighted by Gasteiger charge is -2.11. The zero-order valence-electron chi connectivity index (χ0n) is 9.68. The molecule has 2 aromatic heterocycles. The van der Waals surface area contributed by atoms with Crippen molar-refractivity contribution in [3.8, 4) is 0 Å². The van der Waals surface area contributed by atoms with Crippen LogP contribution in [-0.2, 0) is 0 Å². The van der Waals surface area contributed by atoms with E-state index in [4.69, 9.17) is 16.6 Å². The zero-order valence-corrected chi connectivity index (χ0v) is 10.5. The number of aromatic nitrogens is 2. The Morgan fingerprint density at radius 3 is 2.94 bits per heavy atom. The van der Waals surface area contributed by atoms with Crippen LogP contribution in [0.4, 0.5) is 4.39 Å². The average molecular weight is 262 g/mol. The number of hydrogen-bond acceptors (Lipinski definition) is 2. The molecule has 0 amide bonds. The number of nitrogens with zero attached hydrogens (tertiary/aromatic N) is 1. The quantitative estimate of drug-likeness (QED) is 0.707. The number of aromatic amines is 1. The SMILES string of the molecule is CC(c1ccco1)n1c(=S)[nH]c2cc(F)ccc21. The smallest absolute Gasteiger partial charge is 0.178 e. The Balaban J connectivity index is 2.23. The Hall–Kier alpha value is -1.88. The van der Waals surface area contributed by atoms with Gasteiger partial charge in [-0.25, -0.2) is 4.39 Å². The van der Waals surface area contributed by atoms with E-state index in [1.807, 2.05) is 23.6 Å². The minimum atomic E-state index is -0.281. The lowest BCUT2D eigenvalue weighted by molar-refractivity contribution is 0.449. The summed E-state index contributed by atoms with van der Waals surface area (Å²) in [4.78, 5) is 3.01. The van der Waals surface area contributed by atoms with Gasteiger partial charge in [0.1, 0.15) is 11.6 Å². The lowest BCUT2D eigenvalue weighted by atomic mass is 10.2. The van der Waals surface area contributed by atoms with Crippen molar-refractivity contribution in [1.29, 1.82) is 0 Å². The Morgan fingerprint density at radius 2 is 2.22 bits per heavy atom. The molecule has 0 aliphatic carbocycles. The Labute approximate surface area is 108 Å². The topological polar surface area (TPSA) is 33.9 Å². The molecule has 5 heteroatoms. The van der Waals surface area contributed by atoms with E-state index < -0.39 is 0 Å². The second kappa shape index (κ2) is 4.10. The third-order valence-electron chi connectivity index (χ3n) is 3.02. The fraction of sp³-hybridized carbons (Fsp3) is 0.154. The summed E-state index contributed by atoms with van der Waals surface area (Å²) in [6, 6.07) is 8.29. The minimum absolute atomic E-state index is 0.0355. The van der Waals surface area contributed by atoms with Crippen molar-refractivity contribution in [1.82, 2.24) is 9.55 Å². The molecule has 0 aliphatic rings. The van der Waals surface area contributed by atoms with Crippen LogP contribution in [0.3, 0.4) is 0 Å². The third-order valence-corrected chi connectivity index (χ3v) is 3.32. The predicted octanol–water partition coefficient (Wildman–Crippen LogP) is 4.04. The molecule has 18 heavy (non-hydrogen) atoms. The molecule has 3 nitrogen and oxygen atoms in total. The molecule has 1 unspecified atom stereocenters. The van der Waals surface area contributed by atoms with Crippen LogP contribution in [0.2, 0.25) is 0 Å². The Bertz CT molecular complexity index is 742. The van der Waals surface area contributed by atoms with Gasteiger partial charge in [0.2, 0.25) is 0 Å². The van der Waals surface area contributed by atoms with Crippen LogP contribution in [0.15, 0.2) is 41.0 Å². The highest BCUT2D eigenvalue weighted by molar-refractivity contribution is 7.71. The second-order valence-electron chi connectivity index (χ2n) is 4.15. The van der Waals surface area contributed by atoms with Crippen LogP contribution < -0.4 is 0 Å². The molecule has 1 atom stereocenters. The molecule has 1 N–H and O–H groups in total. The van der Waals surface area contributed by atoms with Crippen LogP contribution in [0.1, 0.15) is 18.7 Å². The van der Waals surface area contributed by atoms with Gasteiger partial charge < -0.3 is 14.0 Å². The number of nitrogens with one attached hydrogen (secondary N) is 1. The summed E-state index contributed by atoms with van der Waals surface area (Å²) in [5.41, 5.74) is 1.56. The Kier molecular flexibility index (Phi) is 2.56. The molecular weight excluding hydrogens is 251 g/mol. The number of benzene rings is 1. The van der Waals surface area contributed by atoms with Crippen LogP contribution in [0.5, 0.6) is 0 Å². The normalized spacial score (nSPS) is 13.0. The van der Waals surface area contributed by atoms with Crippen molar-refractivity contribution in [2.75, 3.05) is 0 Å². The largest absolute Gasteiger partial charge is 0.467 e. The highest BCUT2D eigenvalue weighted by atomic mass is 32.1. The van der Waals surface area contributed by atoms with Crippen molar-refractivity contribution in [2.24, 2.45) is 0 Å². The third kappa shape index (κ3) is 1.67. The Morgan fingerprint density at radius 1 is 1.39 bits per heavy atom. The fourth-order valence-corrected chi connectivity index (χ4v) is 2.51. The first kappa shape index (κ1) is 11.2. The molecule has 2 heterocycles. The average Bonchev–Trinajstić information content (AvgIpc) is 2.94. The van der Waals surface area contributed by atoms with Gasteiger partial charge in [0.25, 0.3) is 0 Å². The molecule has 1 aromatic carbocycles. The molecule has 3 aromatic rings. The van der Waals surface area contributed by atoms with Crippen molar-refractivity contribution < 1.29 is 8.81 Å². The first-order valence-electron chi connectivity index (χ1n) is 5.60. The van der Waals surface area contributed by atoms with Gasteiger partial charge in [0.05, 0.1) is 23.3 Å². The number of H-pyrrole nitrogens is 1. The summed E-state index contributed by atoms with van der Waals surface area (Å²) in [6.07, 6.45) is 1.63. The van der Waals surface area contributed by atoms with Crippen molar-refractivity contribution in [3.05, 3.63) is 52.9 Å². The summed E-state index contributed by atoms with van der Waals surface area (Å²) >= 11 is 5.29. The number of hydrogen-bond donors (Lipinski definition) is 1. The highest BCUT2D eigenvalue weighted by Crippen LogP contribution is 2.25. The summed E-state index contributed by atoms with van der Waals surface area (Å²) in [7, 11) is 0. The van der Waals surface area contributed by atoms with E-state index in [1.54, 1.807) is 12.3 Å². The van der Waals surface area contributed by atoms with Gasteiger partial charge in [-0.2, -0.15) is 0 Å². The molecule has 3 rings (SSSR count). The number of rotatable bonds is 2. The van der Waals surface area contributed by atoms with E-state index in [0.29, 0.717) is 10.3 Å². The molecule has 0 radical (unpaired) electrons. The van der Waals surface area contributed by atoms with Crippen LogP contribution >= 0.6 is 12.2 Å². The number of furan rings is 1. The van der Waals surface area contributed by atoms with E-state index >= 15 is 0 Å². The van der Waals surface area contributed by atoms with Crippen molar-refractivity contribution in [2.45, 2.75) is 13.0 Å². The van der Waals surface area contributed by atoms with Gasteiger partial charge >= 0.3 is 0 Å². The predicted molar refractivity (Wildman–Crippen MR) is 69.6 cm³/mol. The van der Waals surface area contributed by atoms with Crippen LogP contribution in [0.25, 0.3) is 11.0 Å². The van der Waals surface area contributed by atoms with E-state index in [2.05, 4.69) is 4.98 Å². The van der Waals surface area contributed by atoms with Gasteiger partial charge in [-0.05, 0) is 49.5 Å². The maximum atomic E-state index is 13.2. The van der Waals surface area contributed by atoms with E-state index in [9.17, 15) is 4.39 Å². The second-order valence-corrected chi connectivity index (χ2v) is 4.54. The van der Waals surface area contributed by atoms with Crippen molar-refractivity contribution in [3.63, 3.8) is 0 Å². The van der Waals surface area contributed by atoms with Crippen LogP contribution in [0, 0.1) is 10.6 Å². The van der Waals surface area contributed by atoms with Gasteiger partial charge in [-0.3, -0.25) is 0 Å². The molecular formula is C13H11FN2OS. The lowest BCUT2D eigenvalue weighted by Crippen LogP contribution is -2.05. The minimum Gasteiger partial charge on any atom is -0.467 e. The highest BCUT2D eigenvalue weighted by Gasteiger charge is 2.15. The fourth-order valence-electron chi connectivity index (χ4n) is 2.14.